The molecule has 0 unspecified atom stereocenters. The van der Waals surface area contributed by atoms with Gasteiger partial charge in [-0.25, -0.2) is 4.79 Å². The first-order valence-electron chi connectivity index (χ1n) is 3.31. The van der Waals surface area contributed by atoms with Crippen molar-refractivity contribution >= 4 is 21.9 Å². The van der Waals surface area contributed by atoms with Gasteiger partial charge in [0.05, 0.1) is 0 Å². The molecule has 0 spiro atoms. The van der Waals surface area contributed by atoms with E-state index in [1.165, 1.54) is 0 Å². The number of carboxylic acid groups (broad SMARTS) is 1. The maximum absolute atomic E-state index is 10.7. The molecule has 1 aromatic heterocycles. The van der Waals surface area contributed by atoms with Crippen LogP contribution in [-0.2, 0) is 0 Å². The summed E-state index contributed by atoms with van der Waals surface area (Å²) in [5, 5.41) is 10.4. The standard InChI is InChI=1S/C7H9BrN2O2/c1-9(2)10-4-5(8)3-6(10)7(11)12/h3-4H,1-2H3,(H,11,12). The lowest BCUT2D eigenvalue weighted by Gasteiger charge is -2.15. The van der Waals surface area contributed by atoms with Crippen molar-refractivity contribution in [2.24, 2.45) is 0 Å². The third-order valence-corrected chi connectivity index (χ3v) is 1.85. The molecule has 5 heteroatoms. The van der Waals surface area contributed by atoms with Crippen LogP contribution in [0.5, 0.6) is 0 Å². The Bertz CT molecular complexity index is 306. The molecular weight excluding hydrogens is 224 g/mol. The first-order chi connectivity index (χ1) is 5.52. The normalized spacial score (nSPS) is 9.92. The van der Waals surface area contributed by atoms with Crippen LogP contribution in [0, 0.1) is 0 Å². The highest BCUT2D eigenvalue weighted by Gasteiger charge is 2.11. The fourth-order valence-corrected chi connectivity index (χ4v) is 1.32. The van der Waals surface area contributed by atoms with Gasteiger partial charge < -0.3 is 10.1 Å². The zero-order valence-corrected chi connectivity index (χ0v) is 8.37. The molecule has 66 valence electrons. The molecule has 0 saturated carbocycles. The van der Waals surface area contributed by atoms with Crippen molar-refractivity contribution in [1.29, 1.82) is 0 Å². The van der Waals surface area contributed by atoms with E-state index in [0.717, 1.165) is 4.47 Å². The van der Waals surface area contributed by atoms with E-state index in [1.807, 2.05) is 0 Å². The highest BCUT2D eigenvalue weighted by atomic mass is 79.9. The number of carboxylic acids is 1. The summed E-state index contributed by atoms with van der Waals surface area (Å²) < 4.78 is 2.31. The molecule has 0 aromatic carbocycles. The van der Waals surface area contributed by atoms with Crippen LogP contribution in [0.2, 0.25) is 0 Å². The quantitative estimate of drug-likeness (QED) is 0.833. The maximum Gasteiger partial charge on any atom is 0.354 e. The number of hydrogen-bond donors (Lipinski definition) is 1. The predicted molar refractivity (Wildman–Crippen MR) is 49.2 cm³/mol. The summed E-state index contributed by atoms with van der Waals surface area (Å²) >= 11 is 3.21. The van der Waals surface area contributed by atoms with E-state index in [-0.39, 0.29) is 5.69 Å². The van der Waals surface area contributed by atoms with Gasteiger partial charge >= 0.3 is 5.97 Å². The predicted octanol–water partition coefficient (Wildman–Crippen LogP) is 1.15. The average Bonchev–Trinajstić information content (AvgIpc) is 2.31. The number of carbonyl (C=O) groups is 1. The first kappa shape index (κ1) is 9.12. The number of hydrogen-bond acceptors (Lipinski definition) is 2. The molecule has 0 amide bonds. The fraction of sp³-hybridized carbons (Fsp3) is 0.286. The Morgan fingerprint density at radius 1 is 1.67 bits per heavy atom. The Morgan fingerprint density at radius 3 is 2.58 bits per heavy atom. The number of halogens is 1. The monoisotopic (exact) mass is 232 g/mol. The highest BCUT2D eigenvalue weighted by Crippen LogP contribution is 2.14. The van der Waals surface area contributed by atoms with E-state index in [9.17, 15) is 4.79 Å². The van der Waals surface area contributed by atoms with Crippen molar-refractivity contribution in [3.8, 4) is 0 Å². The van der Waals surface area contributed by atoms with Crippen LogP contribution < -0.4 is 5.01 Å². The number of rotatable bonds is 2. The Balaban J connectivity index is 3.17. The SMILES string of the molecule is CN(C)n1cc(Br)cc1C(=O)O. The van der Waals surface area contributed by atoms with E-state index in [1.54, 1.807) is 36.0 Å². The summed E-state index contributed by atoms with van der Waals surface area (Å²) in [4.78, 5) is 10.7. The van der Waals surface area contributed by atoms with Crippen LogP contribution in [0.15, 0.2) is 16.7 Å². The zero-order valence-electron chi connectivity index (χ0n) is 6.78. The molecule has 1 rings (SSSR count). The largest absolute Gasteiger partial charge is 0.477 e. The number of nitrogens with zero attached hydrogens (tertiary/aromatic N) is 2. The van der Waals surface area contributed by atoms with Crippen molar-refractivity contribution in [1.82, 2.24) is 4.68 Å². The van der Waals surface area contributed by atoms with Crippen LogP contribution in [0.3, 0.4) is 0 Å². The van der Waals surface area contributed by atoms with Crippen molar-refractivity contribution in [2.75, 3.05) is 19.1 Å². The number of aromatic carboxylic acids is 1. The molecule has 1 aromatic rings. The lowest BCUT2D eigenvalue weighted by molar-refractivity contribution is 0.0685. The number of aromatic nitrogens is 1. The summed E-state index contributed by atoms with van der Waals surface area (Å²) in [5.41, 5.74) is 0.242. The topological polar surface area (TPSA) is 45.5 Å². The van der Waals surface area contributed by atoms with Crippen LogP contribution in [-0.4, -0.2) is 29.8 Å². The van der Waals surface area contributed by atoms with Gasteiger partial charge in [0.15, 0.2) is 0 Å². The molecule has 12 heavy (non-hydrogen) atoms. The molecule has 0 atom stereocenters. The molecule has 0 radical (unpaired) electrons. The van der Waals surface area contributed by atoms with E-state index in [0.29, 0.717) is 0 Å². The van der Waals surface area contributed by atoms with Gasteiger partial charge in [-0.2, -0.15) is 0 Å². The Kier molecular flexibility index (Phi) is 2.42. The first-order valence-corrected chi connectivity index (χ1v) is 4.10. The third-order valence-electron chi connectivity index (χ3n) is 1.42. The summed E-state index contributed by atoms with van der Waals surface area (Å²) in [6.45, 7) is 0. The zero-order chi connectivity index (χ0) is 9.30. The molecule has 0 bridgehead atoms. The molecule has 0 fully saturated rings. The Labute approximate surface area is 78.5 Å². The van der Waals surface area contributed by atoms with Crippen LogP contribution in [0.1, 0.15) is 10.5 Å². The lowest BCUT2D eigenvalue weighted by atomic mass is 10.4. The van der Waals surface area contributed by atoms with Crippen LogP contribution in [0.25, 0.3) is 0 Å². The molecule has 1 heterocycles. The third kappa shape index (κ3) is 1.61. The minimum absolute atomic E-state index is 0.242. The molecule has 0 aliphatic heterocycles. The van der Waals surface area contributed by atoms with E-state index in [4.69, 9.17) is 5.11 Å². The van der Waals surface area contributed by atoms with Crippen molar-refractivity contribution in [2.45, 2.75) is 0 Å². The van der Waals surface area contributed by atoms with Crippen molar-refractivity contribution in [3.05, 3.63) is 22.4 Å². The van der Waals surface area contributed by atoms with Crippen LogP contribution in [0.4, 0.5) is 0 Å². The van der Waals surface area contributed by atoms with E-state index in [2.05, 4.69) is 15.9 Å². The van der Waals surface area contributed by atoms with Gasteiger partial charge in [-0.3, -0.25) is 4.68 Å². The van der Waals surface area contributed by atoms with Crippen molar-refractivity contribution in [3.63, 3.8) is 0 Å². The van der Waals surface area contributed by atoms with Gasteiger partial charge in [0.1, 0.15) is 5.69 Å². The molecular formula is C7H9BrN2O2. The Morgan fingerprint density at radius 2 is 2.25 bits per heavy atom. The second-order valence-corrected chi connectivity index (χ2v) is 3.46. The summed E-state index contributed by atoms with van der Waals surface area (Å²) in [6, 6.07) is 1.56. The summed E-state index contributed by atoms with van der Waals surface area (Å²) in [7, 11) is 3.55. The van der Waals surface area contributed by atoms with Gasteiger partial charge in [-0.05, 0) is 22.0 Å². The molecule has 0 saturated heterocycles. The van der Waals surface area contributed by atoms with Gasteiger partial charge in [-0.15, -0.1) is 0 Å². The van der Waals surface area contributed by atoms with Gasteiger partial charge in [-0.1, -0.05) is 0 Å². The average molecular weight is 233 g/mol. The maximum atomic E-state index is 10.7. The molecule has 0 aliphatic carbocycles. The molecule has 4 nitrogen and oxygen atoms in total. The summed E-state index contributed by atoms with van der Waals surface area (Å²) in [6.07, 6.45) is 1.70. The van der Waals surface area contributed by atoms with Crippen molar-refractivity contribution < 1.29 is 9.90 Å². The second kappa shape index (κ2) is 3.18. The van der Waals surface area contributed by atoms with Gasteiger partial charge in [0, 0.05) is 24.8 Å². The molecule has 1 N–H and O–H groups in total. The van der Waals surface area contributed by atoms with Gasteiger partial charge in [0.2, 0.25) is 0 Å². The lowest BCUT2D eigenvalue weighted by Crippen LogP contribution is -2.27. The van der Waals surface area contributed by atoms with Gasteiger partial charge in [0.25, 0.3) is 0 Å². The second-order valence-electron chi connectivity index (χ2n) is 2.54. The van der Waals surface area contributed by atoms with E-state index >= 15 is 0 Å². The smallest absolute Gasteiger partial charge is 0.354 e. The molecule has 0 aliphatic rings. The highest BCUT2D eigenvalue weighted by molar-refractivity contribution is 9.10. The minimum Gasteiger partial charge on any atom is -0.477 e. The summed E-state index contributed by atoms with van der Waals surface area (Å²) in [5.74, 6) is -0.936. The fourth-order valence-electron chi connectivity index (χ4n) is 0.911. The minimum atomic E-state index is -0.936. The van der Waals surface area contributed by atoms with E-state index < -0.39 is 5.97 Å². The van der Waals surface area contributed by atoms with Crippen LogP contribution >= 0.6 is 15.9 Å². The Hall–Kier alpha value is -0.970.